The molecule has 1 N–H and O–H groups in total. The van der Waals surface area contributed by atoms with Crippen LogP contribution in [0.5, 0.6) is 0 Å². The molecule has 1 saturated carbocycles. The van der Waals surface area contributed by atoms with Gasteiger partial charge in [0.25, 0.3) is 5.91 Å². The fraction of sp³-hybridized carbons (Fsp3) is 0.550. The summed E-state index contributed by atoms with van der Waals surface area (Å²) in [6.07, 6.45) is 4.09. The summed E-state index contributed by atoms with van der Waals surface area (Å²) in [5.41, 5.74) is 2.31. The lowest BCUT2D eigenvalue weighted by Gasteiger charge is -2.30. The minimum absolute atomic E-state index is 0.0393. The van der Waals surface area contributed by atoms with Crippen molar-refractivity contribution in [3.63, 3.8) is 0 Å². The van der Waals surface area contributed by atoms with Gasteiger partial charge in [-0.1, -0.05) is 35.0 Å². The van der Waals surface area contributed by atoms with Gasteiger partial charge in [0.1, 0.15) is 0 Å². The number of carbonyl (C=O) groups is 1. The van der Waals surface area contributed by atoms with Crippen LogP contribution in [0, 0.1) is 6.92 Å². The third-order valence-corrected chi connectivity index (χ3v) is 6.08. The number of piperidine rings is 1. The molecule has 1 aromatic carbocycles. The van der Waals surface area contributed by atoms with Crippen molar-refractivity contribution in [2.45, 2.75) is 57.7 Å². The summed E-state index contributed by atoms with van der Waals surface area (Å²) in [7, 11) is 0. The van der Waals surface area contributed by atoms with Crippen LogP contribution < -0.4 is 5.32 Å². The Hall–Kier alpha value is -1.92. The third-order valence-electron chi connectivity index (χ3n) is 5.73. The highest BCUT2D eigenvalue weighted by Gasteiger charge is 2.39. The van der Waals surface area contributed by atoms with Gasteiger partial charge in [0.15, 0.2) is 5.69 Å². The van der Waals surface area contributed by atoms with E-state index < -0.39 is 0 Å². The Bertz CT molecular complexity index is 826. The molecule has 6 nitrogen and oxygen atoms in total. The second-order valence-corrected chi connectivity index (χ2v) is 8.00. The maximum atomic E-state index is 13.4. The molecule has 1 aromatic heterocycles. The molecule has 27 heavy (non-hydrogen) atoms. The monoisotopic (exact) mass is 387 g/mol. The van der Waals surface area contributed by atoms with Gasteiger partial charge in [0.2, 0.25) is 0 Å². The number of hydrogen-bond donors (Lipinski definition) is 1. The van der Waals surface area contributed by atoms with Gasteiger partial charge in [-0.15, -0.1) is 5.10 Å². The average molecular weight is 388 g/mol. The second-order valence-electron chi connectivity index (χ2n) is 7.59. The van der Waals surface area contributed by atoms with E-state index in [9.17, 15) is 4.79 Å². The van der Waals surface area contributed by atoms with Gasteiger partial charge in [-0.3, -0.25) is 4.79 Å². The highest BCUT2D eigenvalue weighted by Crippen LogP contribution is 2.37. The number of nitrogens with zero attached hydrogens (tertiary/aromatic N) is 4. The molecule has 1 saturated heterocycles. The molecule has 144 valence electrons. The first-order valence-corrected chi connectivity index (χ1v) is 10.1. The predicted octanol–water partition coefficient (Wildman–Crippen LogP) is 3.53. The topological polar surface area (TPSA) is 63.1 Å². The molecule has 1 atom stereocenters. The van der Waals surface area contributed by atoms with Crippen LogP contribution in [0.25, 0.3) is 0 Å². The predicted molar refractivity (Wildman–Crippen MR) is 105 cm³/mol. The Morgan fingerprint density at radius 3 is 2.63 bits per heavy atom. The number of benzene rings is 1. The van der Waals surface area contributed by atoms with E-state index in [2.05, 4.69) is 15.6 Å². The molecule has 4 rings (SSSR count). The molecule has 7 heteroatoms. The van der Waals surface area contributed by atoms with Gasteiger partial charge in [-0.25, -0.2) is 4.68 Å². The van der Waals surface area contributed by atoms with E-state index in [1.165, 1.54) is 0 Å². The summed E-state index contributed by atoms with van der Waals surface area (Å²) in [6.45, 7) is 5.96. The standard InChI is InChI=1S/C20H26ClN5O/c1-13(17-5-3-4-6-18(17)21)25(15-7-8-15)20(27)19-14(2)26(24-23-19)16-9-11-22-12-10-16/h3-6,13,15-16,22H,7-12H2,1-2H3. The molecule has 1 aliphatic heterocycles. The van der Waals surface area contributed by atoms with Gasteiger partial charge in [-0.2, -0.15) is 0 Å². The van der Waals surface area contributed by atoms with Gasteiger partial charge in [-0.05, 0) is 64.3 Å². The molecule has 1 unspecified atom stereocenters. The van der Waals surface area contributed by atoms with E-state index >= 15 is 0 Å². The summed E-state index contributed by atoms with van der Waals surface area (Å²) in [5.74, 6) is -0.0393. The van der Waals surface area contributed by atoms with Crippen LogP contribution in [0.15, 0.2) is 24.3 Å². The summed E-state index contributed by atoms with van der Waals surface area (Å²) in [4.78, 5) is 15.4. The lowest BCUT2D eigenvalue weighted by molar-refractivity contribution is 0.0667. The summed E-state index contributed by atoms with van der Waals surface area (Å²) in [6, 6.07) is 8.23. The van der Waals surface area contributed by atoms with Crippen molar-refractivity contribution in [2.24, 2.45) is 0 Å². The van der Waals surface area contributed by atoms with Crippen molar-refractivity contribution in [3.8, 4) is 0 Å². The molecule has 1 aliphatic carbocycles. The smallest absolute Gasteiger partial charge is 0.277 e. The van der Waals surface area contributed by atoms with Crippen LogP contribution in [-0.4, -0.2) is 44.9 Å². The molecule has 2 aromatic rings. The number of amides is 1. The van der Waals surface area contributed by atoms with Gasteiger partial charge in [0, 0.05) is 11.1 Å². The Morgan fingerprint density at radius 2 is 1.96 bits per heavy atom. The molecule has 2 fully saturated rings. The number of aromatic nitrogens is 3. The maximum absolute atomic E-state index is 13.4. The fourth-order valence-corrected chi connectivity index (χ4v) is 4.33. The van der Waals surface area contributed by atoms with Crippen LogP contribution >= 0.6 is 11.6 Å². The van der Waals surface area contributed by atoms with Crippen molar-refractivity contribution >= 4 is 17.5 Å². The zero-order chi connectivity index (χ0) is 19.0. The number of halogens is 1. The van der Waals surface area contributed by atoms with Crippen LogP contribution in [-0.2, 0) is 0 Å². The first-order valence-electron chi connectivity index (χ1n) is 9.77. The van der Waals surface area contributed by atoms with Crippen LogP contribution in [0.3, 0.4) is 0 Å². The minimum atomic E-state index is -0.0952. The number of rotatable bonds is 5. The molecule has 2 heterocycles. The van der Waals surface area contributed by atoms with E-state index in [4.69, 9.17) is 11.6 Å². The molecule has 0 spiro atoms. The molecular weight excluding hydrogens is 362 g/mol. The van der Waals surface area contributed by atoms with E-state index in [1.807, 2.05) is 47.7 Å². The third kappa shape index (κ3) is 3.60. The first-order chi connectivity index (χ1) is 13.1. The first kappa shape index (κ1) is 18.4. The van der Waals surface area contributed by atoms with E-state index in [-0.39, 0.29) is 18.0 Å². The Labute approximate surface area is 164 Å². The largest absolute Gasteiger partial charge is 0.327 e. The number of hydrogen-bond acceptors (Lipinski definition) is 4. The minimum Gasteiger partial charge on any atom is -0.327 e. The maximum Gasteiger partial charge on any atom is 0.277 e. The zero-order valence-corrected chi connectivity index (χ0v) is 16.6. The molecule has 0 radical (unpaired) electrons. The van der Waals surface area contributed by atoms with Crippen LogP contribution in [0.1, 0.15) is 66.4 Å². The summed E-state index contributed by atoms with van der Waals surface area (Å²) < 4.78 is 1.94. The molecular formula is C20H26ClN5O. The van der Waals surface area contributed by atoms with Crippen LogP contribution in [0.4, 0.5) is 0 Å². The Morgan fingerprint density at radius 1 is 1.26 bits per heavy atom. The van der Waals surface area contributed by atoms with E-state index in [1.54, 1.807) is 0 Å². The number of nitrogens with one attached hydrogen (secondary N) is 1. The highest BCUT2D eigenvalue weighted by molar-refractivity contribution is 6.31. The van der Waals surface area contributed by atoms with Crippen molar-refractivity contribution in [1.82, 2.24) is 25.2 Å². The highest BCUT2D eigenvalue weighted by atomic mass is 35.5. The van der Waals surface area contributed by atoms with Crippen LogP contribution in [0.2, 0.25) is 5.02 Å². The van der Waals surface area contributed by atoms with Gasteiger partial charge < -0.3 is 10.2 Å². The quantitative estimate of drug-likeness (QED) is 0.852. The summed E-state index contributed by atoms with van der Waals surface area (Å²) >= 11 is 6.40. The number of carbonyl (C=O) groups excluding carboxylic acids is 1. The Balaban J connectivity index is 1.62. The van der Waals surface area contributed by atoms with Crippen molar-refractivity contribution < 1.29 is 4.79 Å². The second kappa shape index (κ2) is 7.60. The fourth-order valence-electron chi connectivity index (χ4n) is 4.03. The normalized spacial score (nSPS) is 19.1. The molecule has 1 amide bonds. The lowest BCUT2D eigenvalue weighted by Crippen LogP contribution is -2.36. The SMILES string of the molecule is Cc1c(C(=O)N(C2CC2)C(C)c2ccccc2Cl)nnn1C1CCNCC1. The van der Waals surface area contributed by atoms with Crippen molar-refractivity contribution in [2.75, 3.05) is 13.1 Å². The van der Waals surface area contributed by atoms with Crippen molar-refractivity contribution in [3.05, 3.63) is 46.2 Å². The van der Waals surface area contributed by atoms with Gasteiger partial charge >= 0.3 is 0 Å². The lowest BCUT2D eigenvalue weighted by atomic mass is 10.1. The molecule has 2 aliphatic rings. The molecule has 0 bridgehead atoms. The summed E-state index contributed by atoms with van der Waals surface area (Å²) in [5, 5.41) is 12.7. The zero-order valence-electron chi connectivity index (χ0n) is 15.9. The average Bonchev–Trinajstić information content (AvgIpc) is 3.43. The van der Waals surface area contributed by atoms with E-state index in [0.717, 1.165) is 50.0 Å². The van der Waals surface area contributed by atoms with Crippen molar-refractivity contribution in [1.29, 1.82) is 0 Å². The van der Waals surface area contributed by atoms with Gasteiger partial charge in [0.05, 0.1) is 17.8 Å². The van der Waals surface area contributed by atoms with E-state index in [0.29, 0.717) is 16.8 Å². The Kier molecular flexibility index (Phi) is 5.19.